The quantitative estimate of drug-likeness (QED) is 0.456. The molecule has 1 unspecified atom stereocenters. The van der Waals surface area contributed by atoms with Gasteiger partial charge in [0, 0.05) is 11.4 Å². The molecule has 0 radical (unpaired) electrons. The number of rotatable bonds is 9. The summed E-state index contributed by atoms with van der Waals surface area (Å²) in [5, 5.41) is 0. The second kappa shape index (κ2) is 10.2. The topological polar surface area (TPSA) is 44.8 Å². The van der Waals surface area contributed by atoms with Crippen LogP contribution in [0.25, 0.3) is 0 Å². The molecule has 0 N–H and O–H groups in total. The van der Waals surface area contributed by atoms with Gasteiger partial charge < -0.3 is 14.2 Å². The van der Waals surface area contributed by atoms with Gasteiger partial charge in [-0.25, -0.2) is 4.79 Å². The second-order valence-electron chi connectivity index (χ2n) is 5.89. The lowest BCUT2D eigenvalue weighted by Gasteiger charge is -2.25. The highest BCUT2D eigenvalue weighted by Crippen LogP contribution is 2.35. The Kier molecular flexibility index (Phi) is 7.95. The first-order valence-corrected chi connectivity index (χ1v) is 9.21. The van der Waals surface area contributed by atoms with E-state index in [1.807, 2.05) is 55.5 Å². The second-order valence-corrected chi connectivity index (χ2v) is 6.27. The molecule has 140 valence electrons. The monoisotopic (exact) mass is 376 g/mol. The van der Waals surface area contributed by atoms with Gasteiger partial charge in [-0.3, -0.25) is 0 Å². The first kappa shape index (κ1) is 20.3. The van der Waals surface area contributed by atoms with E-state index in [2.05, 4.69) is 0 Å². The van der Waals surface area contributed by atoms with E-state index in [9.17, 15) is 4.79 Å². The minimum absolute atomic E-state index is 0.276. The van der Waals surface area contributed by atoms with Crippen LogP contribution in [0.2, 0.25) is 0 Å². The summed E-state index contributed by atoms with van der Waals surface area (Å²) in [5.41, 5.74) is 2.63. The van der Waals surface area contributed by atoms with Crippen molar-refractivity contribution in [3.05, 3.63) is 65.2 Å². The van der Waals surface area contributed by atoms with Crippen LogP contribution in [-0.2, 0) is 14.3 Å². The molecule has 0 saturated heterocycles. The minimum atomic E-state index is -0.891. The number of alkyl halides is 1. The van der Waals surface area contributed by atoms with E-state index in [-0.39, 0.29) is 12.7 Å². The van der Waals surface area contributed by atoms with Crippen LogP contribution in [0, 0.1) is 6.92 Å². The Hall–Kier alpha value is -2.04. The van der Waals surface area contributed by atoms with Crippen LogP contribution in [0.15, 0.2) is 48.5 Å². The molecule has 0 amide bonds. The van der Waals surface area contributed by atoms with E-state index < -0.39 is 12.1 Å². The number of carbonyl (C=O) groups is 1. The molecular formula is C21H25ClO4. The van der Waals surface area contributed by atoms with Crippen LogP contribution in [0.1, 0.15) is 42.2 Å². The third-order valence-corrected chi connectivity index (χ3v) is 4.23. The van der Waals surface area contributed by atoms with Gasteiger partial charge in [-0.1, -0.05) is 42.0 Å². The van der Waals surface area contributed by atoms with E-state index in [0.29, 0.717) is 23.6 Å². The van der Waals surface area contributed by atoms with Crippen LogP contribution in [0.3, 0.4) is 0 Å². The lowest BCUT2D eigenvalue weighted by Crippen LogP contribution is -2.22. The van der Waals surface area contributed by atoms with Crippen molar-refractivity contribution in [1.29, 1.82) is 0 Å². The Morgan fingerprint density at radius 1 is 1.15 bits per heavy atom. The Balaban J connectivity index is 2.41. The molecule has 0 spiro atoms. The van der Waals surface area contributed by atoms with Gasteiger partial charge >= 0.3 is 5.97 Å². The predicted molar refractivity (Wildman–Crippen MR) is 103 cm³/mol. The lowest BCUT2D eigenvalue weighted by molar-refractivity contribution is -0.162. The Morgan fingerprint density at radius 3 is 2.50 bits per heavy atom. The molecule has 4 nitrogen and oxygen atoms in total. The Morgan fingerprint density at radius 2 is 1.88 bits per heavy atom. The van der Waals surface area contributed by atoms with E-state index in [1.165, 1.54) is 0 Å². The predicted octanol–water partition coefficient (Wildman–Crippen LogP) is 4.99. The van der Waals surface area contributed by atoms with Crippen molar-refractivity contribution in [3.63, 3.8) is 0 Å². The van der Waals surface area contributed by atoms with Gasteiger partial charge in [0.1, 0.15) is 5.75 Å². The molecule has 0 aliphatic rings. The van der Waals surface area contributed by atoms with E-state index >= 15 is 0 Å². The molecule has 0 saturated carbocycles. The summed E-state index contributed by atoms with van der Waals surface area (Å²) in [6.07, 6.45) is -0.637. The lowest BCUT2D eigenvalue weighted by atomic mass is 10.0. The van der Waals surface area contributed by atoms with Gasteiger partial charge in [0.15, 0.2) is 6.10 Å². The van der Waals surface area contributed by atoms with Gasteiger partial charge in [0.05, 0.1) is 19.8 Å². The molecule has 0 aliphatic carbocycles. The number of halogens is 1. The fourth-order valence-electron chi connectivity index (χ4n) is 2.78. The Bertz CT molecular complexity index is 702. The van der Waals surface area contributed by atoms with Gasteiger partial charge in [0.25, 0.3) is 0 Å². The molecule has 2 aromatic carbocycles. The SMILES string of the molecule is CCOC(=O)C(O[C@H](CCCl)c1ccccc1)c1cc(C)ccc1OC. The van der Waals surface area contributed by atoms with E-state index in [0.717, 1.165) is 11.1 Å². The molecule has 0 bridgehead atoms. The molecule has 2 atom stereocenters. The van der Waals surface area contributed by atoms with Crippen molar-refractivity contribution in [2.24, 2.45) is 0 Å². The molecule has 0 fully saturated rings. The first-order valence-electron chi connectivity index (χ1n) is 8.68. The van der Waals surface area contributed by atoms with Gasteiger partial charge in [0.2, 0.25) is 0 Å². The number of methoxy groups -OCH3 is 1. The van der Waals surface area contributed by atoms with Crippen LogP contribution in [-0.4, -0.2) is 25.6 Å². The van der Waals surface area contributed by atoms with Crippen LogP contribution < -0.4 is 4.74 Å². The fourth-order valence-corrected chi connectivity index (χ4v) is 2.97. The highest BCUT2D eigenvalue weighted by atomic mass is 35.5. The average Bonchev–Trinajstić information content (AvgIpc) is 2.66. The Labute approximate surface area is 160 Å². The van der Waals surface area contributed by atoms with Crippen molar-refractivity contribution in [1.82, 2.24) is 0 Å². The summed E-state index contributed by atoms with van der Waals surface area (Å²) in [5.74, 6) is 0.568. The number of ether oxygens (including phenoxy) is 3. The molecule has 0 heterocycles. The van der Waals surface area contributed by atoms with Crippen molar-refractivity contribution in [3.8, 4) is 5.75 Å². The number of esters is 1. The zero-order valence-corrected chi connectivity index (χ0v) is 16.2. The number of hydrogen-bond donors (Lipinski definition) is 0. The zero-order valence-electron chi connectivity index (χ0n) is 15.4. The largest absolute Gasteiger partial charge is 0.496 e. The van der Waals surface area contributed by atoms with Crippen molar-refractivity contribution in [2.75, 3.05) is 19.6 Å². The number of carbonyl (C=O) groups excluding carboxylic acids is 1. The van der Waals surface area contributed by atoms with Crippen LogP contribution in [0.4, 0.5) is 0 Å². The van der Waals surface area contributed by atoms with Gasteiger partial charge in [-0.2, -0.15) is 0 Å². The molecule has 0 aromatic heterocycles. The average molecular weight is 377 g/mol. The third-order valence-electron chi connectivity index (χ3n) is 4.01. The van der Waals surface area contributed by atoms with Crippen molar-refractivity contribution < 1.29 is 19.0 Å². The molecule has 26 heavy (non-hydrogen) atoms. The molecule has 5 heteroatoms. The molecule has 2 rings (SSSR count). The zero-order chi connectivity index (χ0) is 18.9. The van der Waals surface area contributed by atoms with E-state index in [1.54, 1.807) is 14.0 Å². The van der Waals surface area contributed by atoms with Crippen molar-refractivity contribution in [2.45, 2.75) is 32.5 Å². The summed E-state index contributed by atoms with van der Waals surface area (Å²) in [4.78, 5) is 12.7. The van der Waals surface area contributed by atoms with Crippen LogP contribution in [0.5, 0.6) is 5.75 Å². The maximum Gasteiger partial charge on any atom is 0.340 e. The van der Waals surface area contributed by atoms with Gasteiger partial charge in [-0.15, -0.1) is 11.6 Å². The molecule has 0 aliphatic heterocycles. The standard InChI is InChI=1S/C21H25ClO4/c1-4-25-21(23)20(17-14-15(2)10-11-19(17)24-3)26-18(12-13-22)16-8-6-5-7-9-16/h5-11,14,18,20H,4,12-13H2,1-3H3/t18-,20?/m1/s1. The fraction of sp³-hybridized carbons (Fsp3) is 0.381. The minimum Gasteiger partial charge on any atom is -0.496 e. The molecular weight excluding hydrogens is 352 g/mol. The number of aryl methyl sites for hydroxylation is 1. The maximum atomic E-state index is 12.7. The smallest absolute Gasteiger partial charge is 0.340 e. The summed E-state index contributed by atoms with van der Waals surface area (Å²) >= 11 is 5.98. The highest BCUT2D eigenvalue weighted by molar-refractivity contribution is 6.17. The summed E-state index contributed by atoms with van der Waals surface area (Å²) < 4.78 is 16.9. The van der Waals surface area contributed by atoms with Crippen molar-refractivity contribution >= 4 is 17.6 Å². The number of hydrogen-bond acceptors (Lipinski definition) is 4. The van der Waals surface area contributed by atoms with Gasteiger partial charge in [-0.05, 0) is 38.0 Å². The summed E-state index contributed by atoms with van der Waals surface area (Å²) in [6.45, 7) is 4.01. The number of benzene rings is 2. The molecule has 2 aromatic rings. The summed E-state index contributed by atoms with van der Waals surface area (Å²) in [7, 11) is 1.57. The first-order chi connectivity index (χ1) is 12.6. The van der Waals surface area contributed by atoms with E-state index in [4.69, 9.17) is 25.8 Å². The van der Waals surface area contributed by atoms with Crippen LogP contribution >= 0.6 is 11.6 Å². The summed E-state index contributed by atoms with van der Waals surface area (Å²) in [6, 6.07) is 15.4. The normalized spacial score (nSPS) is 13.1. The third kappa shape index (κ3) is 5.23. The maximum absolute atomic E-state index is 12.7. The highest BCUT2D eigenvalue weighted by Gasteiger charge is 2.30.